The highest BCUT2D eigenvalue weighted by Crippen LogP contribution is 2.27. The van der Waals surface area contributed by atoms with Crippen LogP contribution in [-0.2, 0) is 6.54 Å². The number of aromatic nitrogens is 2. The fourth-order valence-electron chi connectivity index (χ4n) is 2.16. The molecule has 104 valence electrons. The summed E-state index contributed by atoms with van der Waals surface area (Å²) in [5, 5.41) is -0.0901. The molecule has 1 atom stereocenters. The number of ether oxygens (including phenoxy) is 1. The monoisotopic (exact) mass is 298 g/mol. The zero-order valence-electron chi connectivity index (χ0n) is 11.5. The average Bonchev–Trinajstić information content (AvgIpc) is 2.77. The van der Waals surface area contributed by atoms with Gasteiger partial charge in [-0.2, -0.15) is 11.8 Å². The fraction of sp³-hybridized carbons (Fsp3) is 0.500. The van der Waals surface area contributed by atoms with E-state index in [0.717, 1.165) is 41.3 Å². The molecule has 1 heterocycles. The van der Waals surface area contributed by atoms with Crippen LogP contribution in [0.2, 0.25) is 0 Å². The summed E-state index contributed by atoms with van der Waals surface area (Å²) in [6.45, 7) is 2.92. The van der Waals surface area contributed by atoms with Crippen molar-refractivity contribution in [1.82, 2.24) is 9.55 Å². The van der Waals surface area contributed by atoms with Gasteiger partial charge in [-0.05, 0) is 37.5 Å². The molecule has 0 aliphatic heterocycles. The Hall–Kier alpha value is -0.870. The number of thioether (sulfide) groups is 1. The zero-order chi connectivity index (χ0) is 13.8. The number of hydrogen-bond donors (Lipinski definition) is 0. The number of alkyl halides is 1. The van der Waals surface area contributed by atoms with Crippen LogP contribution in [0.4, 0.5) is 0 Å². The number of aryl methyl sites for hydroxylation is 1. The highest BCUT2D eigenvalue weighted by Gasteiger charge is 2.15. The zero-order valence-corrected chi connectivity index (χ0v) is 13.1. The highest BCUT2D eigenvalue weighted by molar-refractivity contribution is 7.98. The predicted molar refractivity (Wildman–Crippen MR) is 83.6 cm³/mol. The largest absolute Gasteiger partial charge is 0.497 e. The van der Waals surface area contributed by atoms with Crippen molar-refractivity contribution in [1.29, 1.82) is 0 Å². The summed E-state index contributed by atoms with van der Waals surface area (Å²) < 4.78 is 7.47. The molecule has 0 amide bonds. The maximum Gasteiger partial charge on any atom is 0.127 e. The van der Waals surface area contributed by atoms with Crippen LogP contribution in [0.1, 0.15) is 24.5 Å². The van der Waals surface area contributed by atoms with Crippen LogP contribution in [0.15, 0.2) is 18.2 Å². The lowest BCUT2D eigenvalue weighted by atomic mass is 10.3. The molecule has 2 aromatic rings. The van der Waals surface area contributed by atoms with Gasteiger partial charge in [0, 0.05) is 12.6 Å². The molecule has 1 unspecified atom stereocenters. The van der Waals surface area contributed by atoms with Crippen molar-refractivity contribution in [3.63, 3.8) is 0 Å². The van der Waals surface area contributed by atoms with Gasteiger partial charge in [-0.15, -0.1) is 11.6 Å². The first-order valence-electron chi connectivity index (χ1n) is 6.34. The Bertz CT molecular complexity index is 554. The number of fused-ring (bicyclic) bond motifs is 1. The minimum atomic E-state index is -0.0901. The molecule has 0 fully saturated rings. The summed E-state index contributed by atoms with van der Waals surface area (Å²) in [6.07, 6.45) is 3.25. The first-order chi connectivity index (χ1) is 9.17. The summed E-state index contributed by atoms with van der Waals surface area (Å²) in [4.78, 5) is 4.64. The first-order valence-corrected chi connectivity index (χ1v) is 8.17. The van der Waals surface area contributed by atoms with Crippen LogP contribution in [0, 0.1) is 0 Å². The Morgan fingerprint density at radius 2 is 2.26 bits per heavy atom. The van der Waals surface area contributed by atoms with Crippen LogP contribution >= 0.6 is 23.4 Å². The topological polar surface area (TPSA) is 27.1 Å². The lowest BCUT2D eigenvalue weighted by Crippen LogP contribution is -2.05. The normalized spacial score (nSPS) is 12.8. The van der Waals surface area contributed by atoms with Crippen LogP contribution in [0.25, 0.3) is 11.0 Å². The molecular formula is C14H19ClN2OS. The number of rotatable bonds is 6. The highest BCUT2D eigenvalue weighted by atomic mass is 35.5. The van der Waals surface area contributed by atoms with Gasteiger partial charge in [-0.1, -0.05) is 0 Å². The maximum atomic E-state index is 6.25. The van der Waals surface area contributed by atoms with Crippen LogP contribution < -0.4 is 4.74 Å². The van der Waals surface area contributed by atoms with Gasteiger partial charge in [-0.25, -0.2) is 4.98 Å². The maximum absolute atomic E-state index is 6.25. The van der Waals surface area contributed by atoms with Gasteiger partial charge in [0.25, 0.3) is 0 Å². The Morgan fingerprint density at radius 3 is 2.89 bits per heavy atom. The number of halogens is 1. The molecule has 1 aromatic heterocycles. The van der Waals surface area contributed by atoms with Gasteiger partial charge < -0.3 is 9.30 Å². The van der Waals surface area contributed by atoms with Crippen molar-refractivity contribution in [3.05, 3.63) is 24.0 Å². The molecule has 5 heteroatoms. The standard InChI is InChI=1S/C14H19ClN2OS/c1-10(15)14-16-12-9-11(18-2)5-6-13(12)17(14)7-4-8-19-3/h5-6,9-10H,4,7-8H2,1-3H3. The van der Waals surface area contributed by atoms with Crippen LogP contribution in [0.3, 0.4) is 0 Å². The van der Waals surface area contributed by atoms with Gasteiger partial charge in [0.05, 0.1) is 23.5 Å². The summed E-state index contributed by atoms with van der Waals surface area (Å²) >= 11 is 8.11. The van der Waals surface area contributed by atoms with E-state index < -0.39 is 0 Å². The van der Waals surface area contributed by atoms with Crippen molar-refractivity contribution in [3.8, 4) is 5.75 Å². The molecule has 19 heavy (non-hydrogen) atoms. The average molecular weight is 299 g/mol. The van der Waals surface area contributed by atoms with E-state index in [0.29, 0.717) is 0 Å². The third-order valence-electron chi connectivity index (χ3n) is 3.07. The predicted octanol–water partition coefficient (Wildman–Crippen LogP) is 4.10. The second kappa shape index (κ2) is 6.53. The molecule has 2 rings (SSSR count). The van der Waals surface area contributed by atoms with Gasteiger partial charge >= 0.3 is 0 Å². The smallest absolute Gasteiger partial charge is 0.127 e. The minimum Gasteiger partial charge on any atom is -0.497 e. The lowest BCUT2D eigenvalue weighted by molar-refractivity contribution is 0.415. The van der Waals surface area contributed by atoms with E-state index in [4.69, 9.17) is 16.3 Å². The Labute approximate surface area is 123 Å². The number of benzene rings is 1. The Balaban J connectivity index is 2.42. The van der Waals surface area contributed by atoms with Crippen molar-refractivity contribution < 1.29 is 4.74 Å². The molecule has 0 spiro atoms. The molecule has 0 saturated carbocycles. The molecule has 0 bridgehead atoms. The lowest BCUT2D eigenvalue weighted by Gasteiger charge is -2.10. The van der Waals surface area contributed by atoms with Crippen molar-refractivity contribution >= 4 is 34.4 Å². The summed E-state index contributed by atoms with van der Waals surface area (Å²) in [7, 11) is 1.67. The van der Waals surface area contributed by atoms with Crippen LogP contribution in [-0.4, -0.2) is 28.7 Å². The van der Waals surface area contributed by atoms with Crippen molar-refractivity contribution in [2.45, 2.75) is 25.3 Å². The molecule has 0 radical (unpaired) electrons. The molecule has 3 nitrogen and oxygen atoms in total. The minimum absolute atomic E-state index is 0.0901. The van der Waals surface area contributed by atoms with E-state index in [-0.39, 0.29) is 5.38 Å². The fourth-order valence-corrected chi connectivity index (χ4v) is 2.75. The van der Waals surface area contributed by atoms with E-state index in [2.05, 4.69) is 21.9 Å². The van der Waals surface area contributed by atoms with Gasteiger partial charge in [0.15, 0.2) is 0 Å². The number of nitrogens with zero attached hydrogens (tertiary/aromatic N) is 2. The third-order valence-corrected chi connectivity index (χ3v) is 3.96. The van der Waals surface area contributed by atoms with Crippen molar-refractivity contribution in [2.75, 3.05) is 19.1 Å². The Kier molecular flexibility index (Phi) is 4.99. The second-order valence-corrected chi connectivity index (χ2v) is 6.08. The number of hydrogen-bond acceptors (Lipinski definition) is 3. The third kappa shape index (κ3) is 3.18. The van der Waals surface area contributed by atoms with Gasteiger partial charge in [0.1, 0.15) is 11.6 Å². The SMILES string of the molecule is COc1ccc2c(c1)nc(C(C)Cl)n2CCCSC. The molecular weight excluding hydrogens is 280 g/mol. The molecule has 0 aliphatic carbocycles. The van der Waals surface area contributed by atoms with Crippen molar-refractivity contribution in [2.24, 2.45) is 0 Å². The van der Waals surface area contributed by atoms with E-state index in [9.17, 15) is 0 Å². The van der Waals surface area contributed by atoms with E-state index in [1.54, 1.807) is 7.11 Å². The molecule has 0 N–H and O–H groups in total. The van der Waals surface area contributed by atoms with Gasteiger partial charge in [-0.3, -0.25) is 0 Å². The summed E-state index contributed by atoms with van der Waals surface area (Å²) in [6, 6.07) is 5.99. The summed E-state index contributed by atoms with van der Waals surface area (Å²) in [5.41, 5.74) is 2.08. The van der Waals surface area contributed by atoms with Gasteiger partial charge in [0.2, 0.25) is 0 Å². The van der Waals surface area contributed by atoms with Crippen LogP contribution in [0.5, 0.6) is 5.75 Å². The molecule has 1 aromatic carbocycles. The number of imidazole rings is 1. The van der Waals surface area contributed by atoms with E-state index >= 15 is 0 Å². The molecule has 0 aliphatic rings. The molecule has 0 saturated heterocycles. The Morgan fingerprint density at radius 1 is 1.47 bits per heavy atom. The quantitative estimate of drug-likeness (QED) is 0.593. The number of methoxy groups -OCH3 is 1. The first kappa shape index (κ1) is 14.5. The summed E-state index contributed by atoms with van der Waals surface area (Å²) in [5.74, 6) is 2.91. The second-order valence-electron chi connectivity index (χ2n) is 4.44. The van der Waals surface area contributed by atoms with E-state index in [1.807, 2.05) is 30.8 Å². The van der Waals surface area contributed by atoms with E-state index in [1.165, 1.54) is 0 Å².